The van der Waals surface area contributed by atoms with E-state index in [9.17, 15) is 19.2 Å². The predicted molar refractivity (Wildman–Crippen MR) is 183 cm³/mol. The molecule has 1 N–H and O–H groups in total. The number of nitrogens with one attached hydrogen (secondary N) is 1. The van der Waals surface area contributed by atoms with E-state index in [0.717, 1.165) is 37.2 Å². The molecule has 0 aliphatic carbocycles. The molecule has 0 unspecified atom stereocenters. The summed E-state index contributed by atoms with van der Waals surface area (Å²) in [5.74, 6) is -1.84. The van der Waals surface area contributed by atoms with Crippen LogP contribution in [0.5, 0.6) is 0 Å². The average molecular weight is 667 g/mol. The summed E-state index contributed by atoms with van der Waals surface area (Å²) in [4.78, 5) is 55.0. The van der Waals surface area contributed by atoms with Crippen LogP contribution in [0.1, 0.15) is 82.9 Å². The first-order chi connectivity index (χ1) is 22.9. The summed E-state index contributed by atoms with van der Waals surface area (Å²) in [6.07, 6.45) is 0.491. The molecule has 4 atom stereocenters. The fourth-order valence-electron chi connectivity index (χ4n) is 5.76. The van der Waals surface area contributed by atoms with Gasteiger partial charge in [0.25, 0.3) is 5.91 Å². The van der Waals surface area contributed by atoms with Gasteiger partial charge in [0.05, 0.1) is 0 Å². The average Bonchev–Trinajstić information content (AvgIpc) is 3.08. The summed E-state index contributed by atoms with van der Waals surface area (Å²) in [5, 5.41) is 3.01. The zero-order chi connectivity index (χ0) is 35.2. The van der Waals surface area contributed by atoms with Gasteiger partial charge in [-0.05, 0) is 74.1 Å². The maximum atomic E-state index is 14.2. The molecule has 1 heterocycles. The van der Waals surface area contributed by atoms with Crippen molar-refractivity contribution >= 4 is 23.8 Å². The number of hydrogen-bond acceptors (Lipinski definition) is 9. The molecule has 1 fully saturated rings. The van der Waals surface area contributed by atoms with E-state index in [4.69, 9.17) is 18.9 Å². The molecule has 2 aromatic rings. The van der Waals surface area contributed by atoms with Crippen molar-refractivity contribution < 1.29 is 38.1 Å². The fourth-order valence-corrected chi connectivity index (χ4v) is 5.76. The van der Waals surface area contributed by atoms with Gasteiger partial charge in [-0.15, -0.1) is 0 Å². The van der Waals surface area contributed by atoms with E-state index in [1.807, 2.05) is 70.2 Å². The topological polar surface area (TPSA) is 120 Å². The molecule has 0 aromatic heterocycles. The number of amides is 1. The molecule has 264 valence electrons. The van der Waals surface area contributed by atoms with Crippen LogP contribution in [0.4, 0.5) is 0 Å². The standard InChI is InChI=1S/C38H54N2O8/c1-25(2)21-32(39-6)37(43)48-34(23-28-13-15-30(16-14-28)31-17-19-45-20-18-31)35(41)40(7)33(22-26(3)4)38(44)47-27(5)36(42)46-24-29-11-9-8-10-12-29/h8-16,25-27,31-34,39H,17-24H2,1-7H3/t27-,32+,33+,34-/m1/s1. The number of benzene rings is 2. The van der Waals surface area contributed by atoms with Gasteiger partial charge >= 0.3 is 17.9 Å². The van der Waals surface area contributed by atoms with Crippen molar-refractivity contribution in [1.29, 1.82) is 0 Å². The van der Waals surface area contributed by atoms with Gasteiger partial charge in [0.15, 0.2) is 12.2 Å². The van der Waals surface area contributed by atoms with Crippen molar-refractivity contribution in [1.82, 2.24) is 10.2 Å². The molecule has 10 nitrogen and oxygen atoms in total. The molecule has 1 amide bonds. The Morgan fingerprint density at radius 2 is 1.44 bits per heavy atom. The Bertz CT molecular complexity index is 1310. The van der Waals surface area contributed by atoms with Gasteiger partial charge in [-0.25, -0.2) is 9.59 Å². The Morgan fingerprint density at radius 3 is 2.02 bits per heavy atom. The van der Waals surface area contributed by atoms with Gasteiger partial charge in [0.2, 0.25) is 0 Å². The second-order valence-corrected chi connectivity index (χ2v) is 13.5. The van der Waals surface area contributed by atoms with Crippen LogP contribution in [-0.4, -0.2) is 80.3 Å². The van der Waals surface area contributed by atoms with Crippen LogP contribution < -0.4 is 5.32 Å². The molecule has 48 heavy (non-hydrogen) atoms. The molecule has 1 saturated heterocycles. The molecule has 2 aromatic carbocycles. The molecule has 0 spiro atoms. The molecule has 1 aliphatic rings. The third-order valence-corrected chi connectivity index (χ3v) is 8.60. The van der Waals surface area contributed by atoms with Crippen molar-refractivity contribution in [3.05, 3.63) is 71.3 Å². The Morgan fingerprint density at radius 1 is 0.812 bits per heavy atom. The summed E-state index contributed by atoms with van der Waals surface area (Å²) in [6.45, 7) is 10.8. The highest BCUT2D eigenvalue weighted by Gasteiger charge is 2.37. The van der Waals surface area contributed by atoms with Crippen LogP contribution in [-0.2, 0) is 51.2 Å². The largest absolute Gasteiger partial charge is 0.458 e. The second-order valence-electron chi connectivity index (χ2n) is 13.5. The first-order valence-electron chi connectivity index (χ1n) is 17.1. The zero-order valence-electron chi connectivity index (χ0n) is 29.6. The minimum absolute atomic E-state index is 0.0107. The summed E-state index contributed by atoms with van der Waals surface area (Å²) in [6, 6.07) is 15.6. The molecular formula is C38H54N2O8. The molecule has 1 aliphatic heterocycles. The van der Waals surface area contributed by atoms with Crippen molar-refractivity contribution in [2.75, 3.05) is 27.3 Å². The van der Waals surface area contributed by atoms with Crippen molar-refractivity contribution in [3.8, 4) is 0 Å². The zero-order valence-corrected chi connectivity index (χ0v) is 29.6. The van der Waals surface area contributed by atoms with Crippen molar-refractivity contribution in [3.63, 3.8) is 0 Å². The number of nitrogens with zero attached hydrogens (tertiary/aromatic N) is 1. The van der Waals surface area contributed by atoms with Gasteiger partial charge in [-0.3, -0.25) is 9.59 Å². The lowest BCUT2D eigenvalue weighted by Crippen LogP contribution is -2.51. The van der Waals surface area contributed by atoms with E-state index in [1.54, 1.807) is 7.05 Å². The van der Waals surface area contributed by atoms with Crippen LogP contribution in [0.3, 0.4) is 0 Å². The Kier molecular flexibility index (Phi) is 15.5. The lowest BCUT2D eigenvalue weighted by molar-refractivity contribution is -0.174. The number of carbonyl (C=O) groups is 4. The number of esters is 3. The van der Waals surface area contributed by atoms with Crippen LogP contribution >= 0.6 is 0 Å². The predicted octanol–water partition coefficient (Wildman–Crippen LogP) is 5.22. The highest BCUT2D eigenvalue weighted by molar-refractivity contribution is 5.90. The number of ether oxygens (including phenoxy) is 4. The van der Waals surface area contributed by atoms with Crippen molar-refractivity contribution in [2.45, 2.75) is 104 Å². The van der Waals surface area contributed by atoms with E-state index in [0.29, 0.717) is 12.3 Å². The van der Waals surface area contributed by atoms with E-state index in [2.05, 4.69) is 17.4 Å². The lowest BCUT2D eigenvalue weighted by atomic mass is 9.90. The number of rotatable bonds is 17. The van der Waals surface area contributed by atoms with E-state index < -0.39 is 48.1 Å². The molecule has 0 saturated carbocycles. The summed E-state index contributed by atoms with van der Waals surface area (Å²) < 4.78 is 22.3. The minimum Gasteiger partial charge on any atom is -0.458 e. The Hall–Kier alpha value is -3.76. The van der Waals surface area contributed by atoms with Gasteiger partial charge in [-0.1, -0.05) is 82.3 Å². The third kappa shape index (κ3) is 12.0. The number of carbonyl (C=O) groups excluding carboxylic acids is 4. The summed E-state index contributed by atoms with van der Waals surface area (Å²) in [5.41, 5.74) is 2.84. The van der Waals surface area contributed by atoms with E-state index >= 15 is 0 Å². The van der Waals surface area contributed by atoms with Crippen LogP contribution in [0.15, 0.2) is 54.6 Å². The maximum Gasteiger partial charge on any atom is 0.347 e. The summed E-state index contributed by atoms with van der Waals surface area (Å²) >= 11 is 0. The molecule has 10 heteroatoms. The van der Waals surface area contributed by atoms with Gasteiger partial charge in [0.1, 0.15) is 18.7 Å². The molecular weight excluding hydrogens is 612 g/mol. The molecule has 0 radical (unpaired) electrons. The highest BCUT2D eigenvalue weighted by Crippen LogP contribution is 2.27. The van der Waals surface area contributed by atoms with Crippen LogP contribution in [0.2, 0.25) is 0 Å². The van der Waals surface area contributed by atoms with Crippen LogP contribution in [0.25, 0.3) is 0 Å². The molecule has 0 bridgehead atoms. The van der Waals surface area contributed by atoms with Gasteiger partial charge < -0.3 is 29.2 Å². The first kappa shape index (κ1) is 38.7. The highest BCUT2D eigenvalue weighted by atomic mass is 16.6. The lowest BCUT2D eigenvalue weighted by Gasteiger charge is -2.32. The van der Waals surface area contributed by atoms with Gasteiger partial charge in [-0.2, -0.15) is 0 Å². The van der Waals surface area contributed by atoms with Crippen LogP contribution in [0, 0.1) is 11.8 Å². The first-order valence-corrected chi connectivity index (χ1v) is 17.1. The van der Waals surface area contributed by atoms with E-state index in [-0.39, 0.29) is 31.3 Å². The van der Waals surface area contributed by atoms with Crippen molar-refractivity contribution in [2.24, 2.45) is 11.8 Å². The fraction of sp³-hybridized carbons (Fsp3) is 0.579. The second kappa shape index (κ2) is 19.3. The van der Waals surface area contributed by atoms with Gasteiger partial charge in [0, 0.05) is 26.7 Å². The Balaban J connectivity index is 1.78. The quantitative estimate of drug-likeness (QED) is 0.179. The number of hydrogen-bond donors (Lipinski definition) is 1. The minimum atomic E-state index is -1.19. The summed E-state index contributed by atoms with van der Waals surface area (Å²) in [7, 11) is 3.20. The number of likely N-dealkylation sites (N-methyl/N-ethyl adjacent to an activating group) is 2. The molecule has 3 rings (SSSR count). The normalized spacial score (nSPS) is 16.1. The monoisotopic (exact) mass is 666 g/mol. The smallest absolute Gasteiger partial charge is 0.347 e. The Labute approximate surface area is 285 Å². The maximum absolute atomic E-state index is 14.2. The van der Waals surface area contributed by atoms with E-state index in [1.165, 1.54) is 24.4 Å². The SMILES string of the molecule is CN[C@@H](CC(C)C)C(=O)O[C@H](Cc1ccc(C2CCOCC2)cc1)C(=O)N(C)[C@@H](CC(C)C)C(=O)O[C@H](C)C(=O)OCc1ccccc1. The third-order valence-electron chi connectivity index (χ3n) is 8.60.